The lowest BCUT2D eigenvalue weighted by Gasteiger charge is -2.21. The summed E-state index contributed by atoms with van der Waals surface area (Å²) in [6.45, 7) is 6.60. The van der Waals surface area contributed by atoms with Gasteiger partial charge < -0.3 is 10.4 Å². The van der Waals surface area contributed by atoms with Crippen molar-refractivity contribution in [1.29, 1.82) is 0 Å². The van der Waals surface area contributed by atoms with Gasteiger partial charge in [0.1, 0.15) is 5.01 Å². The maximum Gasteiger partial charge on any atom is 0.109 e. The van der Waals surface area contributed by atoms with E-state index in [1.807, 2.05) is 11.6 Å². The van der Waals surface area contributed by atoms with E-state index in [-0.39, 0.29) is 18.7 Å². The summed E-state index contributed by atoms with van der Waals surface area (Å²) in [5.74, 6) is 0.596. The maximum atomic E-state index is 9.24. The van der Waals surface area contributed by atoms with Crippen molar-refractivity contribution in [2.45, 2.75) is 39.3 Å². The van der Waals surface area contributed by atoms with Crippen molar-refractivity contribution in [1.82, 2.24) is 10.3 Å². The highest BCUT2D eigenvalue weighted by atomic mass is 32.1. The number of nitrogens with one attached hydrogen (secondary N) is 1. The first-order valence-electron chi connectivity index (χ1n) is 5.39. The Hall–Kier alpha value is -0.450. The molecule has 0 aliphatic heterocycles. The van der Waals surface area contributed by atoms with Crippen LogP contribution in [0.4, 0.5) is 0 Å². The van der Waals surface area contributed by atoms with Crippen LogP contribution in [0.3, 0.4) is 0 Å². The molecule has 0 fully saturated rings. The van der Waals surface area contributed by atoms with Crippen molar-refractivity contribution in [3.8, 4) is 0 Å². The van der Waals surface area contributed by atoms with Gasteiger partial charge in [0.25, 0.3) is 0 Å². The van der Waals surface area contributed by atoms with Crippen LogP contribution in [0.2, 0.25) is 0 Å². The number of hydrogen-bond acceptors (Lipinski definition) is 4. The Morgan fingerprint density at radius 1 is 1.47 bits per heavy atom. The average molecular weight is 228 g/mol. The molecule has 0 radical (unpaired) electrons. The Kier molecular flexibility index (Phi) is 5.22. The van der Waals surface area contributed by atoms with E-state index < -0.39 is 0 Å². The smallest absolute Gasteiger partial charge is 0.109 e. The molecular formula is C11H20N2OS. The molecule has 86 valence electrons. The fourth-order valence-electron chi connectivity index (χ4n) is 1.64. The Morgan fingerprint density at radius 2 is 2.20 bits per heavy atom. The van der Waals surface area contributed by atoms with Crippen molar-refractivity contribution in [3.63, 3.8) is 0 Å². The van der Waals surface area contributed by atoms with Gasteiger partial charge in [0, 0.05) is 17.6 Å². The molecule has 0 aliphatic rings. The largest absolute Gasteiger partial charge is 0.395 e. The number of nitrogens with zero attached hydrogens (tertiary/aromatic N) is 1. The van der Waals surface area contributed by atoms with Gasteiger partial charge in [-0.1, -0.05) is 13.8 Å². The van der Waals surface area contributed by atoms with E-state index in [9.17, 15) is 5.11 Å². The molecule has 2 atom stereocenters. The second-order valence-electron chi connectivity index (χ2n) is 4.27. The zero-order valence-electron chi connectivity index (χ0n) is 9.60. The van der Waals surface area contributed by atoms with Crippen LogP contribution >= 0.6 is 11.3 Å². The van der Waals surface area contributed by atoms with E-state index in [1.165, 1.54) is 0 Å². The molecule has 4 heteroatoms. The van der Waals surface area contributed by atoms with Gasteiger partial charge in [0.05, 0.1) is 12.6 Å². The van der Waals surface area contributed by atoms with Crippen LogP contribution in [-0.4, -0.2) is 22.7 Å². The van der Waals surface area contributed by atoms with Gasteiger partial charge in [-0.15, -0.1) is 11.3 Å². The Morgan fingerprint density at radius 3 is 2.67 bits per heavy atom. The van der Waals surface area contributed by atoms with Crippen LogP contribution in [0.5, 0.6) is 0 Å². The Labute approximate surface area is 95.6 Å². The lowest BCUT2D eigenvalue weighted by molar-refractivity contribution is 0.215. The van der Waals surface area contributed by atoms with E-state index in [2.05, 4.69) is 31.1 Å². The molecule has 0 saturated heterocycles. The summed E-state index contributed by atoms with van der Waals surface area (Å²) < 4.78 is 0. The van der Waals surface area contributed by atoms with Crippen LogP contribution in [0.1, 0.15) is 38.2 Å². The molecule has 0 amide bonds. The lowest BCUT2D eigenvalue weighted by Crippen LogP contribution is -2.35. The predicted octanol–water partition coefficient (Wildman–Crippen LogP) is 2.20. The predicted molar refractivity (Wildman–Crippen MR) is 64.0 cm³/mol. The number of aliphatic hydroxyl groups excluding tert-OH is 1. The number of aliphatic hydroxyl groups is 1. The van der Waals surface area contributed by atoms with Crippen LogP contribution in [0.25, 0.3) is 0 Å². The summed E-state index contributed by atoms with van der Waals surface area (Å²) in [5, 5.41) is 15.7. The molecule has 1 heterocycles. The number of hydrogen-bond donors (Lipinski definition) is 2. The molecule has 0 aromatic carbocycles. The molecule has 0 aliphatic carbocycles. The van der Waals surface area contributed by atoms with Crippen molar-refractivity contribution >= 4 is 11.3 Å². The SMILES string of the molecule is CC(C)C[C@@H](CO)N[C@@H](C)c1nccs1. The average Bonchev–Trinajstić information content (AvgIpc) is 2.68. The number of thiazole rings is 1. The highest BCUT2D eigenvalue weighted by molar-refractivity contribution is 7.09. The number of rotatable bonds is 6. The van der Waals surface area contributed by atoms with Crippen LogP contribution in [-0.2, 0) is 0 Å². The molecule has 1 aromatic rings. The van der Waals surface area contributed by atoms with Crippen LogP contribution < -0.4 is 5.32 Å². The topological polar surface area (TPSA) is 45.1 Å². The second-order valence-corrected chi connectivity index (χ2v) is 5.19. The molecule has 15 heavy (non-hydrogen) atoms. The van der Waals surface area contributed by atoms with Crippen molar-refractivity contribution in [3.05, 3.63) is 16.6 Å². The fraction of sp³-hybridized carbons (Fsp3) is 0.727. The summed E-state index contributed by atoms with van der Waals surface area (Å²) in [4.78, 5) is 4.26. The zero-order chi connectivity index (χ0) is 11.3. The summed E-state index contributed by atoms with van der Waals surface area (Å²) in [5.41, 5.74) is 0. The Bertz CT molecular complexity index is 262. The van der Waals surface area contributed by atoms with Crippen LogP contribution in [0.15, 0.2) is 11.6 Å². The van der Waals surface area contributed by atoms with Gasteiger partial charge in [0.15, 0.2) is 0 Å². The highest BCUT2D eigenvalue weighted by Gasteiger charge is 2.15. The number of aromatic nitrogens is 1. The van der Waals surface area contributed by atoms with Gasteiger partial charge in [-0.25, -0.2) is 4.98 Å². The molecule has 1 aromatic heterocycles. The lowest BCUT2D eigenvalue weighted by atomic mass is 10.0. The third-order valence-corrected chi connectivity index (χ3v) is 3.24. The third-order valence-electron chi connectivity index (χ3n) is 2.28. The van der Waals surface area contributed by atoms with Crippen molar-refractivity contribution < 1.29 is 5.11 Å². The van der Waals surface area contributed by atoms with Gasteiger partial charge in [-0.2, -0.15) is 0 Å². The van der Waals surface area contributed by atoms with E-state index >= 15 is 0 Å². The molecule has 0 saturated carbocycles. The molecule has 2 N–H and O–H groups in total. The highest BCUT2D eigenvalue weighted by Crippen LogP contribution is 2.16. The zero-order valence-corrected chi connectivity index (χ0v) is 10.4. The van der Waals surface area contributed by atoms with Gasteiger partial charge >= 0.3 is 0 Å². The minimum absolute atomic E-state index is 0.170. The molecule has 3 nitrogen and oxygen atoms in total. The molecular weight excluding hydrogens is 208 g/mol. The van der Waals surface area contributed by atoms with E-state index in [0.29, 0.717) is 5.92 Å². The Balaban J connectivity index is 2.44. The van der Waals surface area contributed by atoms with Crippen molar-refractivity contribution in [2.75, 3.05) is 6.61 Å². The van der Waals surface area contributed by atoms with E-state index in [0.717, 1.165) is 11.4 Å². The second kappa shape index (κ2) is 6.20. The van der Waals surface area contributed by atoms with E-state index in [4.69, 9.17) is 0 Å². The molecule has 0 bridgehead atoms. The molecule has 1 rings (SSSR count). The quantitative estimate of drug-likeness (QED) is 0.784. The standard InChI is InChI=1S/C11H20N2OS/c1-8(2)6-10(7-14)13-9(3)11-12-4-5-15-11/h4-5,8-10,13-14H,6-7H2,1-3H3/t9-,10-/m0/s1. The first-order valence-corrected chi connectivity index (χ1v) is 6.27. The summed E-state index contributed by atoms with van der Waals surface area (Å²) in [6, 6.07) is 0.393. The monoisotopic (exact) mass is 228 g/mol. The minimum atomic E-state index is 0.170. The summed E-state index contributed by atoms with van der Waals surface area (Å²) in [6.07, 6.45) is 2.81. The summed E-state index contributed by atoms with van der Waals surface area (Å²) in [7, 11) is 0. The summed E-state index contributed by atoms with van der Waals surface area (Å²) >= 11 is 1.65. The van der Waals surface area contributed by atoms with Gasteiger partial charge in [-0.05, 0) is 19.3 Å². The van der Waals surface area contributed by atoms with Gasteiger partial charge in [-0.3, -0.25) is 0 Å². The normalized spacial score (nSPS) is 15.5. The third kappa shape index (κ3) is 4.28. The first-order chi connectivity index (χ1) is 7.13. The minimum Gasteiger partial charge on any atom is -0.395 e. The van der Waals surface area contributed by atoms with Crippen LogP contribution in [0, 0.1) is 5.92 Å². The fourth-order valence-corrected chi connectivity index (χ4v) is 2.29. The van der Waals surface area contributed by atoms with Gasteiger partial charge in [0.2, 0.25) is 0 Å². The molecule has 0 spiro atoms. The van der Waals surface area contributed by atoms with E-state index in [1.54, 1.807) is 11.3 Å². The maximum absolute atomic E-state index is 9.24. The molecule has 0 unspecified atom stereocenters. The van der Waals surface area contributed by atoms with Crippen molar-refractivity contribution in [2.24, 2.45) is 5.92 Å². The first kappa shape index (κ1) is 12.6.